The molecule has 0 unspecified atom stereocenters. The highest BCUT2D eigenvalue weighted by molar-refractivity contribution is 5.94. The molecule has 0 spiro atoms. The number of nitrogens with one attached hydrogen (secondary N) is 1. The highest BCUT2D eigenvalue weighted by atomic mass is 19.1. The Hall–Kier alpha value is -3.63. The van der Waals surface area contributed by atoms with Gasteiger partial charge in [0.1, 0.15) is 12.4 Å². The van der Waals surface area contributed by atoms with Gasteiger partial charge in [-0.15, -0.1) is 0 Å². The number of hydrogen-bond donors (Lipinski definition) is 3. The average Bonchev–Trinajstić information content (AvgIpc) is 3.37. The lowest BCUT2D eigenvalue weighted by Gasteiger charge is -2.32. The van der Waals surface area contributed by atoms with Crippen molar-refractivity contribution < 1.29 is 28.9 Å². The zero-order chi connectivity index (χ0) is 29.5. The van der Waals surface area contributed by atoms with Crippen LogP contribution >= 0.6 is 0 Å². The number of aliphatic hydroxyl groups excluding tert-OH is 1. The molecule has 9 nitrogen and oxygen atoms in total. The summed E-state index contributed by atoms with van der Waals surface area (Å²) in [6, 6.07) is 2.72. The molecule has 0 bridgehead atoms. The van der Waals surface area contributed by atoms with E-state index in [2.05, 4.69) is 5.32 Å². The van der Waals surface area contributed by atoms with E-state index in [0.717, 1.165) is 47.8 Å². The molecule has 1 saturated carbocycles. The Morgan fingerprint density at radius 1 is 1.17 bits per heavy atom. The van der Waals surface area contributed by atoms with Gasteiger partial charge in [-0.05, 0) is 80.5 Å². The first-order valence-electron chi connectivity index (χ1n) is 14.9. The number of pyridine rings is 2. The van der Waals surface area contributed by atoms with Crippen molar-refractivity contribution in [3.63, 3.8) is 0 Å². The Kier molecular flexibility index (Phi) is 6.29. The number of aromatic nitrogens is 2. The van der Waals surface area contributed by atoms with Crippen molar-refractivity contribution in [3.8, 4) is 11.4 Å². The minimum atomic E-state index is -1.95. The summed E-state index contributed by atoms with van der Waals surface area (Å²) in [5.41, 5.74) is 2.62. The number of carbonyl (C=O) groups is 2. The van der Waals surface area contributed by atoms with Crippen LogP contribution in [-0.2, 0) is 39.5 Å². The summed E-state index contributed by atoms with van der Waals surface area (Å²) in [6.07, 6.45) is 4.28. The van der Waals surface area contributed by atoms with Crippen molar-refractivity contribution in [2.24, 2.45) is 11.8 Å². The molecule has 4 heterocycles. The lowest BCUT2D eigenvalue weighted by atomic mass is 9.80. The number of carbonyl (C=O) groups excluding carboxylic acids is 2. The van der Waals surface area contributed by atoms with E-state index in [-0.39, 0.29) is 72.5 Å². The second-order valence-corrected chi connectivity index (χ2v) is 12.3. The molecule has 7 rings (SSSR count). The fraction of sp³-hybridized carbons (Fsp3) is 0.500. The first kappa shape index (κ1) is 27.2. The van der Waals surface area contributed by atoms with E-state index in [1.807, 2.05) is 0 Å². The normalized spacial score (nSPS) is 25.9. The van der Waals surface area contributed by atoms with Crippen molar-refractivity contribution in [1.29, 1.82) is 0 Å². The standard InChI is InChI=1S/C32H34FN3O6/c1-3-32(41)21-10-25-28-19(12-36(25)30(39)20(21)14-42-31(32)40)27-23(35-29(38)17-6-4-16(13-37)5-7-17)9-8-18-15(2)22(33)11-24(34-28)26(18)27/h10-11,16-17,23,37,41H,3-9,12-14H2,1-2H3,(H,35,38)/t16?,17?,23-,32-/m0/s1. The highest BCUT2D eigenvalue weighted by Gasteiger charge is 2.46. The van der Waals surface area contributed by atoms with Crippen LogP contribution in [0.15, 0.2) is 16.9 Å². The number of halogens is 1. The molecule has 4 aliphatic rings. The molecule has 1 fully saturated rings. The summed E-state index contributed by atoms with van der Waals surface area (Å²) in [5, 5.41) is 24.9. The third-order valence-electron chi connectivity index (χ3n) is 10.2. The molecular weight excluding hydrogens is 541 g/mol. The maximum Gasteiger partial charge on any atom is 0.343 e. The molecule has 0 saturated heterocycles. The lowest BCUT2D eigenvalue weighted by Crippen LogP contribution is -2.44. The third-order valence-corrected chi connectivity index (χ3v) is 10.2. The number of cyclic esters (lactones) is 1. The van der Waals surface area contributed by atoms with Crippen LogP contribution in [-0.4, -0.2) is 38.2 Å². The summed E-state index contributed by atoms with van der Waals surface area (Å²) >= 11 is 0. The van der Waals surface area contributed by atoms with Gasteiger partial charge in [-0.1, -0.05) is 6.92 Å². The van der Waals surface area contributed by atoms with Gasteiger partial charge in [0, 0.05) is 35.1 Å². The summed E-state index contributed by atoms with van der Waals surface area (Å²) < 4.78 is 21.9. The Balaban J connectivity index is 1.38. The van der Waals surface area contributed by atoms with Crippen molar-refractivity contribution in [1.82, 2.24) is 14.9 Å². The Morgan fingerprint density at radius 3 is 2.64 bits per heavy atom. The van der Waals surface area contributed by atoms with Crippen LogP contribution in [0.1, 0.15) is 84.9 Å². The minimum absolute atomic E-state index is 0.0239. The quantitative estimate of drug-likeness (QED) is 0.318. The molecule has 42 heavy (non-hydrogen) atoms. The number of benzene rings is 1. The van der Waals surface area contributed by atoms with Crippen LogP contribution in [0.3, 0.4) is 0 Å². The van der Waals surface area contributed by atoms with Crippen molar-refractivity contribution in [2.45, 2.75) is 83.6 Å². The number of aryl methyl sites for hydroxylation is 1. The predicted octanol–water partition coefficient (Wildman–Crippen LogP) is 3.43. The number of nitrogens with zero attached hydrogens (tertiary/aromatic N) is 2. The molecule has 2 aliphatic carbocycles. The Bertz CT molecular complexity index is 1740. The molecule has 0 radical (unpaired) electrons. The van der Waals surface area contributed by atoms with E-state index in [1.54, 1.807) is 24.5 Å². The molecule has 1 amide bonds. The average molecular weight is 576 g/mol. The number of esters is 1. The smallest absolute Gasteiger partial charge is 0.343 e. The first-order chi connectivity index (χ1) is 20.2. The van der Waals surface area contributed by atoms with Crippen molar-refractivity contribution in [3.05, 3.63) is 61.7 Å². The number of ether oxygens (including phenoxy) is 1. The maximum absolute atomic E-state index is 15.1. The molecular formula is C32H34FN3O6. The fourth-order valence-corrected chi connectivity index (χ4v) is 7.60. The van der Waals surface area contributed by atoms with Gasteiger partial charge in [0.15, 0.2) is 5.60 Å². The largest absolute Gasteiger partial charge is 0.458 e. The topological polar surface area (TPSA) is 131 Å². The monoisotopic (exact) mass is 575 g/mol. The molecule has 10 heteroatoms. The number of rotatable bonds is 4. The minimum Gasteiger partial charge on any atom is -0.458 e. The zero-order valence-electron chi connectivity index (χ0n) is 23.8. The van der Waals surface area contributed by atoms with Crippen LogP contribution in [0.5, 0.6) is 0 Å². The molecule has 3 aromatic rings. The van der Waals surface area contributed by atoms with Gasteiger partial charge in [0.05, 0.1) is 35.1 Å². The van der Waals surface area contributed by atoms with Crippen LogP contribution in [0, 0.1) is 24.6 Å². The molecule has 220 valence electrons. The van der Waals surface area contributed by atoms with Gasteiger partial charge in [0.2, 0.25) is 5.91 Å². The molecule has 1 aromatic carbocycles. The van der Waals surface area contributed by atoms with E-state index in [9.17, 15) is 24.6 Å². The summed E-state index contributed by atoms with van der Waals surface area (Å²) in [4.78, 5) is 44.7. The van der Waals surface area contributed by atoms with Gasteiger partial charge in [0.25, 0.3) is 5.56 Å². The third kappa shape index (κ3) is 3.80. The van der Waals surface area contributed by atoms with Gasteiger partial charge in [-0.25, -0.2) is 14.2 Å². The Labute approximate surface area is 241 Å². The second kappa shape index (κ2) is 9.70. The molecule has 2 aromatic heterocycles. The molecule has 2 atom stereocenters. The first-order valence-corrected chi connectivity index (χ1v) is 14.9. The highest BCUT2D eigenvalue weighted by Crippen LogP contribution is 2.46. The van der Waals surface area contributed by atoms with Gasteiger partial charge in [-0.2, -0.15) is 0 Å². The van der Waals surface area contributed by atoms with E-state index in [0.29, 0.717) is 35.3 Å². The van der Waals surface area contributed by atoms with E-state index in [4.69, 9.17) is 9.72 Å². The maximum atomic E-state index is 15.1. The predicted molar refractivity (Wildman–Crippen MR) is 151 cm³/mol. The van der Waals surface area contributed by atoms with Crippen LogP contribution < -0.4 is 10.9 Å². The number of aliphatic hydroxyl groups is 2. The number of hydrogen-bond acceptors (Lipinski definition) is 7. The van der Waals surface area contributed by atoms with Gasteiger partial charge in [-0.3, -0.25) is 9.59 Å². The van der Waals surface area contributed by atoms with Crippen LogP contribution in [0.25, 0.3) is 22.3 Å². The zero-order valence-corrected chi connectivity index (χ0v) is 23.8. The summed E-state index contributed by atoms with van der Waals surface area (Å²) in [5.74, 6) is -1.07. The van der Waals surface area contributed by atoms with E-state index >= 15 is 4.39 Å². The Morgan fingerprint density at radius 2 is 1.93 bits per heavy atom. The van der Waals surface area contributed by atoms with E-state index in [1.165, 1.54) is 6.07 Å². The summed E-state index contributed by atoms with van der Waals surface area (Å²) in [7, 11) is 0. The number of fused-ring (bicyclic) bond motifs is 5. The van der Waals surface area contributed by atoms with Gasteiger partial charge >= 0.3 is 5.97 Å². The molecule has 2 aliphatic heterocycles. The molecule has 3 N–H and O–H groups in total. The van der Waals surface area contributed by atoms with Crippen molar-refractivity contribution >= 4 is 22.8 Å². The lowest BCUT2D eigenvalue weighted by molar-refractivity contribution is -0.172. The fourth-order valence-electron chi connectivity index (χ4n) is 7.60. The number of amides is 1. The summed E-state index contributed by atoms with van der Waals surface area (Å²) in [6.45, 7) is 3.54. The second-order valence-electron chi connectivity index (χ2n) is 12.3. The van der Waals surface area contributed by atoms with Crippen molar-refractivity contribution in [2.75, 3.05) is 6.61 Å². The van der Waals surface area contributed by atoms with Crippen LogP contribution in [0.2, 0.25) is 0 Å². The van der Waals surface area contributed by atoms with Crippen LogP contribution in [0.4, 0.5) is 4.39 Å². The van der Waals surface area contributed by atoms with E-state index < -0.39 is 11.6 Å². The van der Waals surface area contributed by atoms with Gasteiger partial charge < -0.3 is 24.8 Å². The SMILES string of the molecule is CC[C@@]1(O)C(=O)OCc2c1cc1n(c2=O)Cc2c-1nc1cc(F)c(C)c3c1c2[C@@H](NC(=O)C1CCC(CO)CC1)CC3.